The Kier molecular flexibility index (Phi) is 6.74. The number of halogens is 2. The second kappa shape index (κ2) is 10.0. The molecule has 10 nitrogen and oxygen atoms in total. The number of nitrogens with zero attached hydrogens (tertiary/aromatic N) is 5. The van der Waals surface area contributed by atoms with Crippen LogP contribution in [0.15, 0.2) is 48.3 Å². The Morgan fingerprint density at radius 3 is 2.61 bits per heavy atom. The highest BCUT2D eigenvalue weighted by Crippen LogP contribution is 2.39. The van der Waals surface area contributed by atoms with Gasteiger partial charge in [0.15, 0.2) is 5.82 Å². The molecule has 12 heteroatoms. The minimum absolute atomic E-state index is 0.116. The molecule has 200 valence electrons. The van der Waals surface area contributed by atoms with Crippen molar-refractivity contribution in [3.8, 4) is 5.75 Å². The van der Waals surface area contributed by atoms with Crippen LogP contribution in [0.25, 0.3) is 0 Å². The third kappa shape index (κ3) is 4.91. The molecule has 1 aliphatic carbocycles. The van der Waals surface area contributed by atoms with Crippen LogP contribution in [0.4, 0.5) is 31.9 Å². The third-order valence-electron chi connectivity index (χ3n) is 6.95. The largest absolute Gasteiger partial charge is 0.495 e. The van der Waals surface area contributed by atoms with E-state index < -0.39 is 18.4 Å². The Hall–Kier alpha value is -4.06. The smallest absolute Gasteiger partial charge is 0.342 e. The topological polar surface area (TPSA) is 103 Å². The Morgan fingerprint density at radius 1 is 1.21 bits per heavy atom. The first kappa shape index (κ1) is 25.6. The number of carbonyl (C=O) groups is 2. The highest BCUT2D eigenvalue weighted by atomic mass is 19.3. The Bertz CT molecular complexity index is 1320. The predicted octanol–water partition coefficient (Wildman–Crippen LogP) is 2.92. The van der Waals surface area contributed by atoms with Crippen LogP contribution >= 0.6 is 0 Å². The van der Waals surface area contributed by atoms with Crippen molar-refractivity contribution < 1.29 is 23.1 Å². The molecule has 0 saturated carbocycles. The fourth-order valence-corrected chi connectivity index (χ4v) is 4.61. The zero-order valence-corrected chi connectivity index (χ0v) is 21.4. The lowest BCUT2D eigenvalue weighted by molar-refractivity contribution is -0.140. The molecule has 1 saturated heterocycles. The number of fused-ring (bicyclic) bond motifs is 1. The van der Waals surface area contributed by atoms with E-state index in [1.807, 2.05) is 0 Å². The number of benzene rings is 1. The van der Waals surface area contributed by atoms with E-state index in [1.165, 1.54) is 25.3 Å². The van der Waals surface area contributed by atoms with Gasteiger partial charge in [-0.2, -0.15) is 13.8 Å². The van der Waals surface area contributed by atoms with E-state index in [0.717, 1.165) is 30.8 Å². The SMILES string of the molecule is COc1cc(C(=O)NC2CCN(C)CC2)ccc1Nc1ncc2c(n1)N(C1=CC=C1)CC(F)(F)C(=O)N2C. The van der Waals surface area contributed by atoms with Crippen molar-refractivity contribution in [3.05, 3.63) is 53.9 Å². The summed E-state index contributed by atoms with van der Waals surface area (Å²) in [5.41, 5.74) is 1.61. The predicted molar refractivity (Wildman–Crippen MR) is 139 cm³/mol. The van der Waals surface area contributed by atoms with Gasteiger partial charge in [0.25, 0.3) is 11.8 Å². The number of hydrogen-bond donors (Lipinski definition) is 2. The van der Waals surface area contributed by atoms with E-state index in [1.54, 1.807) is 36.4 Å². The number of amides is 2. The maximum Gasteiger partial charge on any atom is 0.342 e. The molecular formula is C26H29F2N7O3. The lowest BCUT2D eigenvalue weighted by Gasteiger charge is -2.29. The summed E-state index contributed by atoms with van der Waals surface area (Å²) in [7, 11) is 4.82. The molecule has 2 amide bonds. The number of carbonyl (C=O) groups excluding carboxylic acids is 2. The zero-order valence-electron chi connectivity index (χ0n) is 21.4. The van der Waals surface area contributed by atoms with Gasteiger partial charge in [0, 0.05) is 24.4 Å². The van der Waals surface area contributed by atoms with Crippen LogP contribution < -0.4 is 25.2 Å². The highest BCUT2D eigenvalue weighted by Gasteiger charge is 2.48. The molecule has 0 bridgehead atoms. The van der Waals surface area contributed by atoms with Crippen LogP contribution in [0.5, 0.6) is 5.75 Å². The molecule has 1 fully saturated rings. The number of allylic oxidation sites excluding steroid dienone is 3. The van der Waals surface area contributed by atoms with Gasteiger partial charge < -0.3 is 30.1 Å². The average Bonchev–Trinajstić information content (AvgIpc) is 2.93. The summed E-state index contributed by atoms with van der Waals surface area (Å²) in [6.45, 7) is 1.02. The molecule has 2 N–H and O–H groups in total. The molecule has 0 atom stereocenters. The monoisotopic (exact) mass is 525 g/mol. The number of likely N-dealkylation sites (tertiary alicyclic amines) is 1. The summed E-state index contributed by atoms with van der Waals surface area (Å²) in [4.78, 5) is 38.4. The van der Waals surface area contributed by atoms with Gasteiger partial charge in [-0.3, -0.25) is 9.59 Å². The van der Waals surface area contributed by atoms with E-state index in [2.05, 4.69) is 32.5 Å². The van der Waals surface area contributed by atoms with Crippen LogP contribution in [0.2, 0.25) is 0 Å². The van der Waals surface area contributed by atoms with Crippen molar-refractivity contribution in [1.82, 2.24) is 20.2 Å². The molecular weight excluding hydrogens is 496 g/mol. The van der Waals surface area contributed by atoms with Gasteiger partial charge >= 0.3 is 5.92 Å². The summed E-state index contributed by atoms with van der Waals surface area (Å²) in [6.07, 6.45) is 8.18. The van der Waals surface area contributed by atoms with E-state index in [4.69, 9.17) is 4.74 Å². The van der Waals surface area contributed by atoms with E-state index in [0.29, 0.717) is 22.7 Å². The molecule has 0 radical (unpaired) electrons. The van der Waals surface area contributed by atoms with Crippen LogP contribution in [0, 0.1) is 0 Å². The molecule has 0 unspecified atom stereocenters. The molecule has 2 aromatic rings. The number of anilines is 4. The van der Waals surface area contributed by atoms with E-state index in [9.17, 15) is 18.4 Å². The number of alkyl halides is 2. The maximum absolute atomic E-state index is 14.7. The number of hydrogen-bond acceptors (Lipinski definition) is 8. The summed E-state index contributed by atoms with van der Waals surface area (Å²) in [5, 5.41) is 6.13. The molecule has 0 spiro atoms. The van der Waals surface area contributed by atoms with Crippen molar-refractivity contribution in [1.29, 1.82) is 0 Å². The Labute approximate surface area is 219 Å². The second-order valence-corrected chi connectivity index (χ2v) is 9.60. The van der Waals surface area contributed by atoms with Crippen molar-refractivity contribution >= 4 is 35.0 Å². The number of aromatic nitrogens is 2. The van der Waals surface area contributed by atoms with Gasteiger partial charge in [-0.05, 0) is 63.3 Å². The van der Waals surface area contributed by atoms with Gasteiger partial charge in [0.1, 0.15) is 11.4 Å². The lowest BCUT2D eigenvalue weighted by Crippen LogP contribution is -2.46. The minimum Gasteiger partial charge on any atom is -0.495 e. The Morgan fingerprint density at radius 2 is 1.95 bits per heavy atom. The summed E-state index contributed by atoms with van der Waals surface area (Å²) in [6, 6.07) is 5.09. The lowest BCUT2D eigenvalue weighted by atomic mass is 10.0. The third-order valence-corrected chi connectivity index (χ3v) is 6.95. The molecule has 38 heavy (non-hydrogen) atoms. The van der Waals surface area contributed by atoms with Crippen LogP contribution in [0.1, 0.15) is 23.2 Å². The normalized spacial score (nSPS) is 19.3. The molecule has 3 aliphatic rings. The Balaban J connectivity index is 1.39. The molecule has 5 rings (SSSR count). The fraction of sp³-hybridized carbons (Fsp3) is 0.385. The fourth-order valence-electron chi connectivity index (χ4n) is 4.61. The number of rotatable bonds is 6. The van der Waals surface area contributed by atoms with Gasteiger partial charge in [-0.25, -0.2) is 4.98 Å². The minimum atomic E-state index is -3.61. The zero-order chi connectivity index (χ0) is 27.0. The standard InChI is InChI=1S/C26H29F2N7O3/c1-33-11-9-17(10-12-33)30-23(36)16-7-8-19(21(13-16)38-3)31-25-29-14-20-22(32-25)35(18-5-4-6-18)15-26(27,28)24(37)34(20)2/h4-8,13-14,17H,9-12,15H2,1-3H3,(H,30,36)(H,29,31,32). The maximum atomic E-state index is 14.7. The highest BCUT2D eigenvalue weighted by molar-refractivity contribution is 6.02. The van der Waals surface area contributed by atoms with E-state index in [-0.39, 0.29) is 29.4 Å². The molecule has 2 aliphatic heterocycles. The van der Waals surface area contributed by atoms with Gasteiger partial charge in [-0.15, -0.1) is 0 Å². The van der Waals surface area contributed by atoms with Gasteiger partial charge in [0.2, 0.25) is 5.95 Å². The summed E-state index contributed by atoms with van der Waals surface area (Å²) in [5.74, 6) is -4.45. The first-order chi connectivity index (χ1) is 18.2. The number of nitrogens with one attached hydrogen (secondary N) is 2. The number of ether oxygens (including phenoxy) is 1. The first-order valence-corrected chi connectivity index (χ1v) is 12.3. The molecule has 1 aromatic heterocycles. The van der Waals surface area contributed by atoms with Crippen LogP contribution in [-0.4, -0.2) is 79.5 Å². The molecule has 3 heterocycles. The van der Waals surface area contributed by atoms with Crippen molar-refractivity contribution in [2.45, 2.75) is 24.8 Å². The van der Waals surface area contributed by atoms with Crippen molar-refractivity contribution in [2.24, 2.45) is 0 Å². The van der Waals surface area contributed by atoms with Gasteiger partial charge in [0.05, 0.1) is 25.5 Å². The number of methoxy groups -OCH3 is 1. The number of piperidine rings is 1. The van der Waals surface area contributed by atoms with Crippen molar-refractivity contribution in [3.63, 3.8) is 0 Å². The molecule has 1 aromatic carbocycles. The first-order valence-electron chi connectivity index (χ1n) is 12.3. The van der Waals surface area contributed by atoms with Crippen LogP contribution in [0.3, 0.4) is 0 Å². The van der Waals surface area contributed by atoms with E-state index >= 15 is 0 Å². The summed E-state index contributed by atoms with van der Waals surface area (Å²) >= 11 is 0. The van der Waals surface area contributed by atoms with Gasteiger partial charge in [-0.1, -0.05) is 6.08 Å². The average molecular weight is 526 g/mol. The van der Waals surface area contributed by atoms with Crippen LogP contribution in [-0.2, 0) is 4.79 Å². The summed E-state index contributed by atoms with van der Waals surface area (Å²) < 4.78 is 34.8. The quantitative estimate of drug-likeness (QED) is 0.594. The second-order valence-electron chi connectivity index (χ2n) is 9.60. The van der Waals surface area contributed by atoms with Crippen molar-refractivity contribution in [2.75, 3.05) is 56.0 Å².